The first kappa shape index (κ1) is 19.3. The number of carbonyl (C=O) groups excluding carboxylic acids is 2. The number of piperazine rings is 1. The number of rotatable bonds is 3. The summed E-state index contributed by atoms with van der Waals surface area (Å²) in [5.41, 5.74) is 0.568. The van der Waals surface area contributed by atoms with Crippen LogP contribution in [0, 0.1) is 6.92 Å². The Balaban J connectivity index is 1.92. The number of aryl methyl sites for hydroxylation is 2. The van der Waals surface area contributed by atoms with E-state index in [0.717, 1.165) is 5.56 Å². The Kier molecular flexibility index (Phi) is 5.75. The van der Waals surface area contributed by atoms with Crippen LogP contribution in [0.3, 0.4) is 0 Å². The zero-order valence-corrected chi connectivity index (χ0v) is 16.2. The van der Waals surface area contributed by atoms with Crippen LogP contribution in [-0.4, -0.2) is 62.4 Å². The lowest BCUT2D eigenvalue weighted by atomic mass is 10.1. The highest BCUT2D eigenvalue weighted by atomic mass is 16.6. The normalized spacial score (nSPS) is 21.4. The summed E-state index contributed by atoms with van der Waals surface area (Å²) in [5, 5.41) is 4.22. The molecule has 0 bridgehead atoms. The number of hydrogen-bond donors (Lipinski definition) is 0. The molecule has 140 valence electrons. The molecule has 2 atom stereocenters. The maximum Gasteiger partial charge on any atom is 0.410 e. The van der Waals surface area contributed by atoms with Crippen molar-refractivity contribution in [1.82, 2.24) is 19.6 Å². The van der Waals surface area contributed by atoms with E-state index < -0.39 is 5.60 Å². The van der Waals surface area contributed by atoms with Gasteiger partial charge in [-0.3, -0.25) is 9.48 Å². The number of carbonyl (C=O) groups is 2. The molecule has 0 unspecified atom stereocenters. The van der Waals surface area contributed by atoms with E-state index in [1.165, 1.54) is 0 Å². The van der Waals surface area contributed by atoms with Gasteiger partial charge in [0.05, 0.1) is 6.20 Å². The van der Waals surface area contributed by atoms with Crippen LogP contribution in [0.2, 0.25) is 0 Å². The first-order valence-electron chi connectivity index (χ1n) is 8.85. The molecule has 2 amide bonds. The van der Waals surface area contributed by atoms with E-state index >= 15 is 0 Å². The molecule has 0 aromatic carbocycles. The first-order chi connectivity index (χ1) is 11.6. The Hall–Kier alpha value is -2.05. The average Bonchev–Trinajstić information content (AvgIpc) is 2.88. The van der Waals surface area contributed by atoms with Crippen molar-refractivity contribution >= 4 is 12.0 Å². The highest BCUT2D eigenvalue weighted by molar-refractivity contribution is 5.77. The molecule has 0 radical (unpaired) electrons. The molecular weight excluding hydrogens is 320 g/mol. The number of hydrogen-bond acceptors (Lipinski definition) is 4. The molecular formula is C18H30N4O3. The minimum atomic E-state index is -0.515. The first-order valence-corrected chi connectivity index (χ1v) is 8.85. The third-order valence-corrected chi connectivity index (χ3v) is 4.18. The highest BCUT2D eigenvalue weighted by Gasteiger charge is 2.36. The van der Waals surface area contributed by atoms with E-state index in [-0.39, 0.29) is 24.1 Å². The van der Waals surface area contributed by atoms with Crippen molar-refractivity contribution < 1.29 is 14.3 Å². The molecule has 2 rings (SSSR count). The van der Waals surface area contributed by atoms with Gasteiger partial charge in [0, 0.05) is 44.3 Å². The van der Waals surface area contributed by atoms with Crippen molar-refractivity contribution in [3.05, 3.63) is 18.0 Å². The molecule has 25 heavy (non-hydrogen) atoms. The topological polar surface area (TPSA) is 67.7 Å². The van der Waals surface area contributed by atoms with Gasteiger partial charge < -0.3 is 14.5 Å². The third kappa shape index (κ3) is 5.21. The standard InChI is InChI=1S/C18H30N4O3/c1-13-9-19-21(10-13)8-7-16(23)22-14(2)11-20(12-15(22)3)17(24)25-18(4,5)6/h9-10,14-15H,7-8,11-12H2,1-6H3/t14-,15-/m0/s1. The second kappa shape index (κ2) is 7.45. The van der Waals surface area contributed by atoms with Crippen LogP contribution >= 0.6 is 0 Å². The highest BCUT2D eigenvalue weighted by Crippen LogP contribution is 2.20. The van der Waals surface area contributed by atoms with Crippen molar-refractivity contribution in [1.29, 1.82) is 0 Å². The summed E-state index contributed by atoms with van der Waals surface area (Å²) in [5.74, 6) is 0.0944. The summed E-state index contributed by atoms with van der Waals surface area (Å²) >= 11 is 0. The van der Waals surface area contributed by atoms with Crippen LogP contribution in [0.1, 0.15) is 46.6 Å². The lowest BCUT2D eigenvalue weighted by molar-refractivity contribution is -0.139. The largest absolute Gasteiger partial charge is 0.444 e. The van der Waals surface area contributed by atoms with Crippen molar-refractivity contribution in [3.63, 3.8) is 0 Å². The van der Waals surface area contributed by atoms with Crippen molar-refractivity contribution in [2.24, 2.45) is 0 Å². The maximum absolute atomic E-state index is 12.7. The van der Waals surface area contributed by atoms with Gasteiger partial charge in [-0.15, -0.1) is 0 Å². The molecule has 1 aliphatic heterocycles. The number of aromatic nitrogens is 2. The van der Waals surface area contributed by atoms with Gasteiger partial charge in [0.15, 0.2) is 0 Å². The van der Waals surface area contributed by atoms with E-state index in [1.54, 1.807) is 15.8 Å². The summed E-state index contributed by atoms with van der Waals surface area (Å²) in [6, 6.07) is -0.0775. The maximum atomic E-state index is 12.7. The molecule has 0 spiro atoms. The molecule has 7 nitrogen and oxygen atoms in total. The van der Waals surface area contributed by atoms with Crippen molar-refractivity contribution in [3.8, 4) is 0 Å². The van der Waals surface area contributed by atoms with Crippen LogP contribution in [0.15, 0.2) is 12.4 Å². The summed E-state index contributed by atoms with van der Waals surface area (Å²) < 4.78 is 7.24. The monoisotopic (exact) mass is 350 g/mol. The fraction of sp³-hybridized carbons (Fsp3) is 0.722. The predicted octanol–water partition coefficient (Wildman–Crippen LogP) is 2.44. The van der Waals surface area contributed by atoms with Crippen LogP contribution in [-0.2, 0) is 16.1 Å². The van der Waals surface area contributed by atoms with E-state index in [9.17, 15) is 9.59 Å². The van der Waals surface area contributed by atoms with Gasteiger partial charge in [0.25, 0.3) is 0 Å². The molecule has 7 heteroatoms. The van der Waals surface area contributed by atoms with Gasteiger partial charge in [0.2, 0.25) is 5.91 Å². The molecule has 0 N–H and O–H groups in total. The summed E-state index contributed by atoms with van der Waals surface area (Å²) in [6.45, 7) is 13.0. The molecule has 2 heterocycles. The summed E-state index contributed by atoms with van der Waals surface area (Å²) in [7, 11) is 0. The Morgan fingerprint density at radius 1 is 1.24 bits per heavy atom. The van der Waals surface area contributed by atoms with Gasteiger partial charge in [-0.05, 0) is 47.1 Å². The Bertz CT molecular complexity index is 608. The van der Waals surface area contributed by atoms with Crippen LogP contribution in [0.4, 0.5) is 4.79 Å². The molecule has 1 aliphatic rings. The minimum absolute atomic E-state index is 0.0388. The lowest BCUT2D eigenvalue weighted by Crippen LogP contribution is -2.60. The van der Waals surface area contributed by atoms with Gasteiger partial charge in [-0.1, -0.05) is 0 Å². The summed E-state index contributed by atoms with van der Waals surface area (Å²) in [4.78, 5) is 28.5. The summed E-state index contributed by atoms with van der Waals surface area (Å²) in [6.07, 6.45) is 3.81. The zero-order valence-electron chi connectivity index (χ0n) is 16.2. The number of ether oxygens (including phenoxy) is 1. The molecule has 1 fully saturated rings. The second-order valence-electron chi connectivity index (χ2n) is 7.92. The second-order valence-corrected chi connectivity index (χ2v) is 7.92. The molecule has 0 saturated carbocycles. The van der Waals surface area contributed by atoms with Crippen LogP contribution in [0.5, 0.6) is 0 Å². The molecule has 1 saturated heterocycles. The van der Waals surface area contributed by atoms with Crippen molar-refractivity contribution in [2.45, 2.75) is 72.2 Å². The van der Waals surface area contributed by atoms with E-state index in [1.807, 2.05) is 52.6 Å². The smallest absolute Gasteiger partial charge is 0.410 e. The van der Waals surface area contributed by atoms with Gasteiger partial charge >= 0.3 is 6.09 Å². The predicted molar refractivity (Wildman–Crippen MR) is 95.2 cm³/mol. The fourth-order valence-electron chi connectivity index (χ4n) is 3.22. The van der Waals surface area contributed by atoms with Gasteiger partial charge in [-0.2, -0.15) is 5.10 Å². The SMILES string of the molecule is Cc1cnn(CCC(=O)N2[C@@H](C)CN(C(=O)OC(C)(C)C)C[C@@H]2C)c1. The molecule has 1 aromatic heterocycles. The lowest BCUT2D eigenvalue weighted by Gasteiger charge is -2.44. The zero-order chi connectivity index (χ0) is 18.8. The average molecular weight is 350 g/mol. The Morgan fingerprint density at radius 2 is 1.84 bits per heavy atom. The number of amides is 2. The van der Waals surface area contributed by atoms with Crippen LogP contribution < -0.4 is 0 Å². The van der Waals surface area contributed by atoms with E-state index in [0.29, 0.717) is 26.1 Å². The van der Waals surface area contributed by atoms with Gasteiger partial charge in [-0.25, -0.2) is 4.79 Å². The van der Waals surface area contributed by atoms with Crippen molar-refractivity contribution in [2.75, 3.05) is 13.1 Å². The van der Waals surface area contributed by atoms with E-state index in [2.05, 4.69) is 5.10 Å². The van der Waals surface area contributed by atoms with Gasteiger partial charge in [0.1, 0.15) is 5.60 Å². The molecule has 0 aliphatic carbocycles. The quantitative estimate of drug-likeness (QED) is 0.840. The van der Waals surface area contributed by atoms with Crippen LogP contribution in [0.25, 0.3) is 0 Å². The third-order valence-electron chi connectivity index (χ3n) is 4.18. The molecule has 1 aromatic rings. The van der Waals surface area contributed by atoms with E-state index in [4.69, 9.17) is 4.74 Å². The minimum Gasteiger partial charge on any atom is -0.444 e. The Labute approximate surface area is 149 Å². The number of nitrogens with zero attached hydrogens (tertiary/aromatic N) is 4. The fourth-order valence-corrected chi connectivity index (χ4v) is 3.22. The Morgan fingerprint density at radius 3 is 2.32 bits per heavy atom.